The zero-order valence-corrected chi connectivity index (χ0v) is 28.3. The maximum atomic E-state index is 14.6. The van der Waals surface area contributed by atoms with Gasteiger partial charge in [-0.1, -0.05) is 99.1 Å². The van der Waals surface area contributed by atoms with E-state index in [1.807, 2.05) is 116 Å². The van der Waals surface area contributed by atoms with Gasteiger partial charge in [-0.3, -0.25) is 14.4 Å². The summed E-state index contributed by atoms with van der Waals surface area (Å²) in [6.07, 6.45) is 1.81. The number of hydrogen-bond donors (Lipinski definition) is 2. The topological polar surface area (TPSA) is 122 Å². The molecule has 5 aromatic rings. The number of amides is 3. The second kappa shape index (κ2) is 15.2. The molecule has 0 fully saturated rings. The minimum Gasteiger partial charge on any atom is -0.344 e. The maximum Gasteiger partial charge on any atom is 0.254 e. The van der Waals surface area contributed by atoms with Crippen molar-refractivity contribution < 1.29 is 14.4 Å². The quantitative estimate of drug-likeness (QED) is 0.243. The van der Waals surface area contributed by atoms with Crippen molar-refractivity contribution in [2.45, 2.75) is 65.1 Å². The zero-order valence-electron chi connectivity index (χ0n) is 28.3. The number of rotatable bonds is 6. The molecule has 3 heterocycles. The molecule has 3 amide bonds. The number of carbonyl (C=O) groups excluding carboxylic acids is 3. The van der Waals surface area contributed by atoms with Gasteiger partial charge in [-0.25, -0.2) is 14.6 Å². The van der Waals surface area contributed by atoms with Crippen LogP contribution in [-0.2, 0) is 22.6 Å². The number of para-hydroxylation sites is 1. The molecule has 1 aliphatic heterocycles. The number of fused-ring (bicyclic) bond motifs is 2. The fourth-order valence-electron chi connectivity index (χ4n) is 6.40. The predicted molar refractivity (Wildman–Crippen MR) is 189 cm³/mol. The molecule has 10 heteroatoms. The van der Waals surface area contributed by atoms with E-state index < -0.39 is 12.1 Å². The Morgan fingerprint density at radius 3 is 2.37 bits per heavy atom. The molecule has 0 spiro atoms. The van der Waals surface area contributed by atoms with E-state index in [4.69, 9.17) is 15.1 Å². The standard InChI is InChI=1S/C39H43N7O3/c1-4-26(2)36-38(48)42-34(24-28-14-7-5-8-15-28)37-40-27(3)44-46(37)23-22-45(21-13-20-35(47)43-36)39(49)31-25-33(29-16-9-6-10-17-29)41-32-19-12-11-18-30(31)32/h5-12,14-19,25-26,34,36H,4,13,20-24H2,1-3H3,(H,42,48)(H,43,47)/t26-,34-,36-/m0/s1. The lowest BCUT2D eigenvalue weighted by atomic mass is 9.97. The molecule has 252 valence electrons. The fourth-order valence-corrected chi connectivity index (χ4v) is 6.40. The van der Waals surface area contributed by atoms with Crippen molar-refractivity contribution in [2.24, 2.45) is 5.92 Å². The average Bonchev–Trinajstić information content (AvgIpc) is 3.51. The lowest BCUT2D eigenvalue weighted by molar-refractivity contribution is -0.130. The van der Waals surface area contributed by atoms with E-state index in [0.717, 1.165) is 22.0 Å². The lowest BCUT2D eigenvalue weighted by Gasteiger charge is -2.28. The molecule has 0 radical (unpaired) electrons. The summed E-state index contributed by atoms with van der Waals surface area (Å²) in [5, 5.41) is 11.7. The van der Waals surface area contributed by atoms with Crippen molar-refractivity contribution in [2.75, 3.05) is 13.1 Å². The largest absolute Gasteiger partial charge is 0.344 e. The molecule has 2 N–H and O–H groups in total. The molecule has 0 aliphatic carbocycles. The minimum absolute atomic E-state index is 0.0919. The molecular weight excluding hydrogens is 614 g/mol. The lowest BCUT2D eigenvalue weighted by Crippen LogP contribution is -2.51. The second-order valence-corrected chi connectivity index (χ2v) is 12.8. The van der Waals surface area contributed by atoms with Crippen molar-refractivity contribution in [1.29, 1.82) is 0 Å². The highest BCUT2D eigenvalue weighted by atomic mass is 16.2. The van der Waals surface area contributed by atoms with Crippen molar-refractivity contribution in [3.63, 3.8) is 0 Å². The van der Waals surface area contributed by atoms with Gasteiger partial charge < -0.3 is 15.5 Å². The fraction of sp³-hybridized carbons (Fsp3) is 0.333. The highest BCUT2D eigenvalue weighted by Crippen LogP contribution is 2.27. The van der Waals surface area contributed by atoms with Gasteiger partial charge in [-0.2, -0.15) is 5.10 Å². The zero-order chi connectivity index (χ0) is 34.3. The number of nitrogens with one attached hydrogen (secondary N) is 2. The van der Waals surface area contributed by atoms with Crippen LogP contribution in [0.25, 0.3) is 22.2 Å². The smallest absolute Gasteiger partial charge is 0.254 e. The summed E-state index contributed by atoms with van der Waals surface area (Å²) in [6.45, 7) is 6.84. The van der Waals surface area contributed by atoms with Gasteiger partial charge in [0, 0.05) is 30.5 Å². The van der Waals surface area contributed by atoms with Gasteiger partial charge >= 0.3 is 0 Å². The van der Waals surface area contributed by atoms with Crippen LogP contribution in [0.3, 0.4) is 0 Å². The highest BCUT2D eigenvalue weighted by Gasteiger charge is 2.31. The summed E-state index contributed by atoms with van der Waals surface area (Å²) in [7, 11) is 0. The number of hydrogen-bond acceptors (Lipinski definition) is 6. The molecule has 0 saturated heterocycles. The van der Waals surface area contributed by atoms with Crippen LogP contribution >= 0.6 is 0 Å². The summed E-state index contributed by atoms with van der Waals surface area (Å²) in [5.74, 6) is 0.477. The third-order valence-electron chi connectivity index (χ3n) is 9.25. The minimum atomic E-state index is -0.714. The van der Waals surface area contributed by atoms with Gasteiger partial charge in [0.05, 0.1) is 29.4 Å². The first-order valence-corrected chi connectivity index (χ1v) is 17.1. The maximum absolute atomic E-state index is 14.6. The third-order valence-corrected chi connectivity index (χ3v) is 9.25. The van der Waals surface area contributed by atoms with E-state index in [1.54, 1.807) is 4.90 Å². The summed E-state index contributed by atoms with van der Waals surface area (Å²) < 4.78 is 1.81. The molecule has 10 nitrogen and oxygen atoms in total. The molecular formula is C39H43N7O3. The SMILES string of the molecule is CC[C@H](C)[C@@H]1NC(=O)CCCN(C(=O)c2cc(-c3ccccc3)nc3ccccc23)CCn2nc(C)nc2[C@H](Cc2ccccc2)NC1=O. The number of benzene rings is 3. The molecule has 0 unspecified atom stereocenters. The first-order chi connectivity index (χ1) is 23.8. The van der Waals surface area contributed by atoms with E-state index in [1.165, 1.54) is 0 Å². The van der Waals surface area contributed by atoms with Crippen LogP contribution in [0.2, 0.25) is 0 Å². The Kier molecular flexibility index (Phi) is 10.4. The molecule has 6 rings (SSSR count). The number of pyridine rings is 1. The predicted octanol–water partition coefficient (Wildman–Crippen LogP) is 5.67. The molecule has 0 bridgehead atoms. The summed E-state index contributed by atoms with van der Waals surface area (Å²) in [4.78, 5) is 53.2. The first-order valence-electron chi connectivity index (χ1n) is 17.1. The van der Waals surface area contributed by atoms with Crippen molar-refractivity contribution in [1.82, 2.24) is 35.3 Å². The van der Waals surface area contributed by atoms with Crippen LogP contribution in [0, 0.1) is 12.8 Å². The van der Waals surface area contributed by atoms with Crippen LogP contribution in [0.15, 0.2) is 91.0 Å². The van der Waals surface area contributed by atoms with Gasteiger partial charge in [-0.05, 0) is 43.4 Å². The average molecular weight is 658 g/mol. The summed E-state index contributed by atoms with van der Waals surface area (Å²) >= 11 is 0. The van der Waals surface area contributed by atoms with Crippen LogP contribution in [0.1, 0.15) is 66.7 Å². The Morgan fingerprint density at radius 1 is 0.898 bits per heavy atom. The molecule has 1 aliphatic rings. The van der Waals surface area contributed by atoms with E-state index >= 15 is 0 Å². The van der Waals surface area contributed by atoms with Gasteiger partial charge in [0.15, 0.2) is 0 Å². The Labute approximate surface area is 287 Å². The van der Waals surface area contributed by atoms with E-state index in [-0.39, 0.29) is 30.1 Å². The van der Waals surface area contributed by atoms with Crippen LogP contribution in [-0.4, -0.2) is 61.5 Å². The number of aryl methyl sites for hydroxylation is 1. The molecule has 0 saturated carbocycles. The summed E-state index contributed by atoms with van der Waals surface area (Å²) in [5.41, 5.74) is 3.95. The number of nitrogens with zero attached hydrogens (tertiary/aromatic N) is 5. The molecule has 3 atom stereocenters. The third kappa shape index (κ3) is 7.85. The number of aromatic nitrogens is 4. The van der Waals surface area contributed by atoms with Crippen molar-refractivity contribution in [3.8, 4) is 11.3 Å². The van der Waals surface area contributed by atoms with E-state index in [0.29, 0.717) is 61.8 Å². The van der Waals surface area contributed by atoms with Gasteiger partial charge in [0.2, 0.25) is 11.8 Å². The van der Waals surface area contributed by atoms with Gasteiger partial charge in [0.1, 0.15) is 17.7 Å². The Morgan fingerprint density at radius 2 is 1.61 bits per heavy atom. The van der Waals surface area contributed by atoms with Crippen LogP contribution < -0.4 is 10.6 Å². The normalized spacial score (nSPS) is 18.2. The summed E-state index contributed by atoms with van der Waals surface area (Å²) in [6, 6.07) is 28.1. The van der Waals surface area contributed by atoms with Crippen molar-refractivity contribution >= 4 is 28.6 Å². The van der Waals surface area contributed by atoms with Crippen LogP contribution in [0.4, 0.5) is 0 Å². The second-order valence-electron chi connectivity index (χ2n) is 12.8. The first kappa shape index (κ1) is 33.5. The number of carbonyl (C=O) groups is 3. The Bertz CT molecular complexity index is 1930. The Balaban J connectivity index is 1.38. The van der Waals surface area contributed by atoms with E-state index in [9.17, 15) is 14.4 Å². The molecule has 3 aromatic carbocycles. The molecule has 49 heavy (non-hydrogen) atoms. The monoisotopic (exact) mass is 657 g/mol. The highest BCUT2D eigenvalue weighted by molar-refractivity contribution is 6.07. The van der Waals surface area contributed by atoms with Gasteiger partial charge in [0.25, 0.3) is 5.91 Å². The molecule has 2 aromatic heterocycles. The Hall–Kier alpha value is -5.38. The van der Waals surface area contributed by atoms with Gasteiger partial charge in [-0.15, -0.1) is 0 Å². The van der Waals surface area contributed by atoms with E-state index in [2.05, 4.69) is 10.6 Å². The van der Waals surface area contributed by atoms with Crippen molar-refractivity contribution in [3.05, 3.63) is 114 Å². The van der Waals surface area contributed by atoms with Crippen LogP contribution in [0.5, 0.6) is 0 Å².